The molecule has 1 fully saturated rings. The van der Waals surface area contributed by atoms with Gasteiger partial charge in [-0.15, -0.1) is 11.3 Å². The van der Waals surface area contributed by atoms with E-state index < -0.39 is 0 Å². The molecule has 0 aliphatic heterocycles. The highest BCUT2D eigenvalue weighted by atomic mass is 32.1. The van der Waals surface area contributed by atoms with Gasteiger partial charge in [0.1, 0.15) is 26.9 Å². The molecule has 1 saturated carbocycles. The van der Waals surface area contributed by atoms with Crippen molar-refractivity contribution in [2.75, 3.05) is 11.9 Å². The predicted molar refractivity (Wildman–Crippen MR) is 80.0 cm³/mol. The van der Waals surface area contributed by atoms with Crippen molar-refractivity contribution in [1.29, 1.82) is 5.26 Å². The largest absolute Gasteiger partial charge is 0.375 e. The molecule has 20 heavy (non-hydrogen) atoms. The number of aromatic amines is 1. The Hall–Kier alpha value is -1.87. The Morgan fingerprint density at radius 1 is 1.45 bits per heavy atom. The maximum absolute atomic E-state index is 11.7. The summed E-state index contributed by atoms with van der Waals surface area (Å²) in [6.07, 6.45) is 7.78. The fourth-order valence-electron chi connectivity index (χ4n) is 2.78. The lowest BCUT2D eigenvalue weighted by Gasteiger charge is -2.21. The minimum absolute atomic E-state index is 0.179. The van der Waals surface area contributed by atoms with Crippen molar-refractivity contribution in [3.05, 3.63) is 22.2 Å². The Kier molecular flexibility index (Phi) is 3.70. The van der Waals surface area contributed by atoms with E-state index in [-0.39, 0.29) is 5.56 Å². The molecule has 2 aromatic heterocycles. The zero-order valence-corrected chi connectivity index (χ0v) is 11.9. The number of fused-ring (bicyclic) bond motifs is 1. The second-order valence-corrected chi connectivity index (χ2v) is 6.23. The quantitative estimate of drug-likeness (QED) is 0.910. The van der Waals surface area contributed by atoms with Crippen LogP contribution in [-0.2, 0) is 0 Å². The first kappa shape index (κ1) is 13.1. The summed E-state index contributed by atoms with van der Waals surface area (Å²) in [4.78, 5) is 18.4. The highest BCUT2D eigenvalue weighted by molar-refractivity contribution is 7.23. The van der Waals surface area contributed by atoms with E-state index in [2.05, 4.69) is 21.4 Å². The molecule has 5 nitrogen and oxygen atoms in total. The Morgan fingerprint density at radius 3 is 3.00 bits per heavy atom. The fourth-order valence-corrected chi connectivity index (χ4v) is 3.78. The molecular formula is C14H16N4OS. The van der Waals surface area contributed by atoms with Gasteiger partial charge in [-0.3, -0.25) is 4.79 Å². The lowest BCUT2D eigenvalue weighted by molar-refractivity contribution is 0.373. The van der Waals surface area contributed by atoms with Gasteiger partial charge < -0.3 is 10.3 Å². The normalized spacial score (nSPS) is 16.1. The molecule has 3 rings (SSSR count). The van der Waals surface area contributed by atoms with Crippen LogP contribution in [0.1, 0.15) is 37.7 Å². The van der Waals surface area contributed by atoms with Gasteiger partial charge in [-0.25, -0.2) is 4.98 Å². The third kappa shape index (κ3) is 2.41. The molecule has 0 amide bonds. The fraction of sp³-hybridized carbons (Fsp3) is 0.500. The van der Waals surface area contributed by atoms with Crippen LogP contribution < -0.4 is 10.9 Å². The van der Waals surface area contributed by atoms with E-state index in [0.717, 1.165) is 11.5 Å². The third-order valence-electron chi connectivity index (χ3n) is 3.87. The number of aromatic nitrogens is 2. The standard InChI is InChI=1S/C14H16N4OS/c15-6-10-11-12(13(19)18-8-17-11)20-14(10)16-7-9-4-2-1-3-5-9/h8-9,16H,1-5,7H2,(H,17,18,19). The number of nitrogens with one attached hydrogen (secondary N) is 2. The van der Waals surface area contributed by atoms with E-state index in [1.54, 1.807) is 0 Å². The molecule has 0 radical (unpaired) electrons. The van der Waals surface area contributed by atoms with E-state index >= 15 is 0 Å². The molecule has 0 aromatic carbocycles. The number of rotatable bonds is 3. The average Bonchev–Trinajstić information content (AvgIpc) is 2.85. The second-order valence-electron chi connectivity index (χ2n) is 5.21. The summed E-state index contributed by atoms with van der Waals surface area (Å²) in [6.45, 7) is 0.874. The summed E-state index contributed by atoms with van der Waals surface area (Å²) in [7, 11) is 0. The van der Waals surface area contributed by atoms with Crippen LogP contribution in [0.3, 0.4) is 0 Å². The van der Waals surface area contributed by atoms with Crippen molar-refractivity contribution in [3.63, 3.8) is 0 Å². The number of nitrogens with zero attached hydrogens (tertiary/aromatic N) is 2. The minimum atomic E-state index is -0.179. The molecular weight excluding hydrogens is 272 g/mol. The molecule has 0 spiro atoms. The van der Waals surface area contributed by atoms with Crippen molar-refractivity contribution in [2.24, 2.45) is 5.92 Å². The first-order valence-electron chi connectivity index (χ1n) is 6.93. The summed E-state index contributed by atoms with van der Waals surface area (Å²) < 4.78 is 0.523. The van der Waals surface area contributed by atoms with Crippen LogP contribution >= 0.6 is 11.3 Å². The molecule has 1 aliphatic rings. The minimum Gasteiger partial charge on any atom is -0.375 e. The number of hydrogen-bond acceptors (Lipinski definition) is 5. The second kappa shape index (κ2) is 5.63. The highest BCUT2D eigenvalue weighted by Crippen LogP contribution is 2.32. The predicted octanol–water partition coefficient (Wildman–Crippen LogP) is 2.85. The van der Waals surface area contributed by atoms with Gasteiger partial charge in [-0.05, 0) is 18.8 Å². The molecule has 1 aliphatic carbocycles. The van der Waals surface area contributed by atoms with Crippen molar-refractivity contribution >= 4 is 26.6 Å². The van der Waals surface area contributed by atoms with Crippen LogP contribution in [0.15, 0.2) is 11.1 Å². The summed E-state index contributed by atoms with van der Waals surface area (Å²) in [5.74, 6) is 0.673. The van der Waals surface area contributed by atoms with E-state index in [1.807, 2.05) is 0 Å². The van der Waals surface area contributed by atoms with Crippen LogP contribution in [0, 0.1) is 17.2 Å². The van der Waals surface area contributed by atoms with Crippen molar-refractivity contribution < 1.29 is 0 Å². The van der Waals surface area contributed by atoms with Gasteiger partial charge in [-0.1, -0.05) is 19.3 Å². The van der Waals surface area contributed by atoms with E-state index in [4.69, 9.17) is 0 Å². The monoisotopic (exact) mass is 288 g/mol. The zero-order chi connectivity index (χ0) is 13.9. The first-order valence-corrected chi connectivity index (χ1v) is 7.75. The summed E-state index contributed by atoms with van der Waals surface area (Å²) in [5.41, 5.74) is 0.821. The van der Waals surface area contributed by atoms with E-state index in [1.165, 1.54) is 49.8 Å². The van der Waals surface area contributed by atoms with Gasteiger partial charge in [0, 0.05) is 6.54 Å². The Labute approximate surface area is 120 Å². The van der Waals surface area contributed by atoms with Crippen LogP contribution in [-0.4, -0.2) is 16.5 Å². The topological polar surface area (TPSA) is 81.6 Å². The van der Waals surface area contributed by atoms with Gasteiger partial charge in [0.15, 0.2) is 0 Å². The molecule has 2 heterocycles. The van der Waals surface area contributed by atoms with Crippen molar-refractivity contribution in [1.82, 2.24) is 9.97 Å². The maximum atomic E-state index is 11.7. The maximum Gasteiger partial charge on any atom is 0.268 e. The zero-order valence-electron chi connectivity index (χ0n) is 11.1. The van der Waals surface area contributed by atoms with Crippen LogP contribution in [0.25, 0.3) is 10.2 Å². The number of thiophene rings is 1. The van der Waals surface area contributed by atoms with Crippen LogP contribution in [0.4, 0.5) is 5.00 Å². The van der Waals surface area contributed by atoms with Crippen LogP contribution in [0.2, 0.25) is 0 Å². The number of anilines is 1. The van der Waals surface area contributed by atoms with Gasteiger partial charge in [0.05, 0.1) is 6.33 Å². The Balaban J connectivity index is 1.86. The number of hydrogen-bond donors (Lipinski definition) is 2. The van der Waals surface area contributed by atoms with Crippen LogP contribution in [0.5, 0.6) is 0 Å². The summed E-state index contributed by atoms with van der Waals surface area (Å²) in [6, 6.07) is 2.17. The van der Waals surface area contributed by atoms with Gasteiger partial charge >= 0.3 is 0 Å². The molecule has 2 N–H and O–H groups in total. The molecule has 0 bridgehead atoms. The SMILES string of the molecule is N#Cc1c(NCC2CCCCC2)sc2c(=O)[nH]cnc12. The molecule has 104 valence electrons. The number of nitriles is 1. The molecule has 2 aromatic rings. The lowest BCUT2D eigenvalue weighted by Crippen LogP contribution is -2.16. The van der Waals surface area contributed by atoms with Gasteiger partial charge in [0.2, 0.25) is 0 Å². The summed E-state index contributed by atoms with van der Waals surface area (Å²) >= 11 is 1.32. The van der Waals surface area contributed by atoms with Crippen molar-refractivity contribution in [3.8, 4) is 6.07 Å². The van der Waals surface area contributed by atoms with E-state index in [9.17, 15) is 10.1 Å². The summed E-state index contributed by atoms with van der Waals surface area (Å²) in [5, 5.41) is 13.4. The van der Waals surface area contributed by atoms with Gasteiger partial charge in [-0.2, -0.15) is 5.26 Å². The average molecular weight is 288 g/mol. The number of H-pyrrole nitrogens is 1. The van der Waals surface area contributed by atoms with E-state index in [0.29, 0.717) is 21.7 Å². The molecule has 0 unspecified atom stereocenters. The molecule has 0 atom stereocenters. The molecule has 6 heteroatoms. The lowest BCUT2D eigenvalue weighted by atomic mass is 9.89. The van der Waals surface area contributed by atoms with Crippen molar-refractivity contribution in [2.45, 2.75) is 32.1 Å². The third-order valence-corrected chi connectivity index (χ3v) is 5.00. The van der Waals surface area contributed by atoms with Gasteiger partial charge in [0.25, 0.3) is 5.56 Å². The smallest absolute Gasteiger partial charge is 0.268 e. The Bertz CT molecular complexity index is 706. The first-order chi connectivity index (χ1) is 9.79. The molecule has 0 saturated heterocycles. The Morgan fingerprint density at radius 2 is 2.25 bits per heavy atom. The highest BCUT2D eigenvalue weighted by Gasteiger charge is 2.18.